The molecule has 2 aliphatic rings. The number of piperazine rings is 1. The summed E-state index contributed by atoms with van der Waals surface area (Å²) < 4.78 is 5.58. The number of hydrogen-bond acceptors (Lipinski definition) is 4. The molecule has 4 nitrogen and oxygen atoms in total. The van der Waals surface area contributed by atoms with Crippen molar-refractivity contribution in [1.82, 2.24) is 4.90 Å². The lowest BCUT2D eigenvalue weighted by Crippen LogP contribution is -2.48. The standard InChI is InChI=1S/C30H34N2O2/c1-21(2)31-15-17-32(18-16-31)25-11-7-23(8-12-25)30-28(24-5-4-6-26(33)19-24)14-10-22-9-13-27(34-3)20-29(22)30/h4-9,11-13,19-21,33H,10,14-18H2,1-3H3. The Morgan fingerprint density at radius 3 is 2.26 bits per heavy atom. The molecule has 3 aromatic carbocycles. The van der Waals surface area contributed by atoms with Crippen LogP contribution in [0.15, 0.2) is 66.7 Å². The molecule has 0 unspecified atom stereocenters. The van der Waals surface area contributed by atoms with Gasteiger partial charge in [0.05, 0.1) is 7.11 Å². The average molecular weight is 455 g/mol. The van der Waals surface area contributed by atoms with E-state index < -0.39 is 0 Å². The number of phenolic OH excluding ortho intramolecular Hbond substituents is 1. The smallest absolute Gasteiger partial charge is 0.119 e. The van der Waals surface area contributed by atoms with Crippen molar-refractivity contribution >= 4 is 16.8 Å². The van der Waals surface area contributed by atoms with Crippen molar-refractivity contribution in [3.05, 3.63) is 89.0 Å². The van der Waals surface area contributed by atoms with E-state index in [0.29, 0.717) is 11.8 Å². The zero-order chi connectivity index (χ0) is 23.7. The van der Waals surface area contributed by atoms with Crippen LogP contribution in [0.25, 0.3) is 11.1 Å². The van der Waals surface area contributed by atoms with Crippen molar-refractivity contribution in [1.29, 1.82) is 0 Å². The summed E-state index contributed by atoms with van der Waals surface area (Å²) in [4.78, 5) is 5.04. The van der Waals surface area contributed by atoms with Crippen LogP contribution >= 0.6 is 0 Å². The Labute approximate surface area is 203 Å². The summed E-state index contributed by atoms with van der Waals surface area (Å²) in [5, 5.41) is 10.2. The summed E-state index contributed by atoms with van der Waals surface area (Å²) in [7, 11) is 1.72. The third-order valence-corrected chi connectivity index (χ3v) is 7.29. The van der Waals surface area contributed by atoms with Gasteiger partial charge in [-0.05, 0) is 96.5 Å². The molecule has 0 radical (unpaired) electrons. The molecule has 1 heterocycles. The van der Waals surface area contributed by atoms with Crippen molar-refractivity contribution in [2.24, 2.45) is 0 Å². The number of allylic oxidation sites excluding steroid dienone is 1. The van der Waals surface area contributed by atoms with E-state index in [1.54, 1.807) is 13.2 Å². The number of methoxy groups -OCH3 is 1. The fraction of sp³-hybridized carbons (Fsp3) is 0.333. The fourth-order valence-electron chi connectivity index (χ4n) is 5.33. The van der Waals surface area contributed by atoms with E-state index in [4.69, 9.17) is 4.74 Å². The van der Waals surface area contributed by atoms with Crippen LogP contribution in [0.5, 0.6) is 11.5 Å². The second-order valence-electron chi connectivity index (χ2n) is 9.59. The maximum atomic E-state index is 10.2. The summed E-state index contributed by atoms with van der Waals surface area (Å²) >= 11 is 0. The quantitative estimate of drug-likeness (QED) is 0.526. The fourth-order valence-corrected chi connectivity index (χ4v) is 5.33. The Kier molecular flexibility index (Phi) is 6.34. The number of benzene rings is 3. The number of anilines is 1. The van der Waals surface area contributed by atoms with Gasteiger partial charge in [-0.25, -0.2) is 0 Å². The van der Waals surface area contributed by atoms with E-state index in [0.717, 1.165) is 50.3 Å². The van der Waals surface area contributed by atoms with Gasteiger partial charge in [0.2, 0.25) is 0 Å². The molecule has 0 amide bonds. The Bertz CT molecular complexity index is 1190. The molecule has 34 heavy (non-hydrogen) atoms. The van der Waals surface area contributed by atoms with E-state index in [1.807, 2.05) is 12.1 Å². The molecule has 5 rings (SSSR count). The number of hydrogen-bond donors (Lipinski definition) is 1. The number of ether oxygens (including phenoxy) is 1. The van der Waals surface area contributed by atoms with Crippen molar-refractivity contribution < 1.29 is 9.84 Å². The zero-order valence-corrected chi connectivity index (χ0v) is 20.4. The molecule has 1 N–H and O–H groups in total. The van der Waals surface area contributed by atoms with Gasteiger partial charge in [0.1, 0.15) is 11.5 Å². The van der Waals surface area contributed by atoms with Crippen molar-refractivity contribution in [3.63, 3.8) is 0 Å². The number of phenols is 1. The van der Waals surface area contributed by atoms with Gasteiger partial charge < -0.3 is 14.7 Å². The van der Waals surface area contributed by atoms with E-state index in [2.05, 4.69) is 72.2 Å². The van der Waals surface area contributed by atoms with Crippen LogP contribution in [0.3, 0.4) is 0 Å². The first-order valence-electron chi connectivity index (χ1n) is 12.3. The lowest BCUT2D eigenvalue weighted by molar-refractivity contribution is 0.209. The highest BCUT2D eigenvalue weighted by atomic mass is 16.5. The molecule has 1 fully saturated rings. The minimum absolute atomic E-state index is 0.302. The van der Waals surface area contributed by atoms with E-state index in [1.165, 1.54) is 33.5 Å². The van der Waals surface area contributed by atoms with Crippen LogP contribution in [0.1, 0.15) is 42.5 Å². The molecule has 0 aromatic heterocycles. The maximum Gasteiger partial charge on any atom is 0.119 e. The number of nitrogens with zero attached hydrogens (tertiary/aromatic N) is 2. The summed E-state index contributed by atoms with van der Waals surface area (Å²) in [6.45, 7) is 8.90. The van der Waals surface area contributed by atoms with Crippen molar-refractivity contribution in [2.75, 3.05) is 38.2 Å². The van der Waals surface area contributed by atoms with Gasteiger partial charge >= 0.3 is 0 Å². The van der Waals surface area contributed by atoms with E-state index in [-0.39, 0.29) is 0 Å². The molecule has 1 saturated heterocycles. The molecule has 0 bridgehead atoms. The first-order valence-corrected chi connectivity index (χ1v) is 12.3. The predicted molar refractivity (Wildman–Crippen MR) is 141 cm³/mol. The van der Waals surface area contributed by atoms with Gasteiger partial charge in [0.15, 0.2) is 0 Å². The van der Waals surface area contributed by atoms with Crippen molar-refractivity contribution in [2.45, 2.75) is 32.7 Å². The summed E-state index contributed by atoms with van der Waals surface area (Å²) in [5.41, 5.74) is 8.65. The topological polar surface area (TPSA) is 35.9 Å². The summed E-state index contributed by atoms with van der Waals surface area (Å²) in [6, 6.07) is 23.7. The largest absolute Gasteiger partial charge is 0.508 e. The third kappa shape index (κ3) is 4.43. The highest BCUT2D eigenvalue weighted by molar-refractivity contribution is 6.01. The first kappa shape index (κ1) is 22.5. The minimum Gasteiger partial charge on any atom is -0.508 e. The Hall–Kier alpha value is -3.24. The maximum absolute atomic E-state index is 10.2. The second-order valence-corrected chi connectivity index (χ2v) is 9.59. The molecule has 4 heteroatoms. The van der Waals surface area contributed by atoms with Gasteiger partial charge in [0, 0.05) is 37.9 Å². The molecule has 0 saturated carbocycles. The van der Waals surface area contributed by atoms with E-state index >= 15 is 0 Å². The third-order valence-electron chi connectivity index (χ3n) is 7.29. The lowest BCUT2D eigenvalue weighted by atomic mass is 9.79. The van der Waals surface area contributed by atoms with E-state index in [9.17, 15) is 5.11 Å². The summed E-state index contributed by atoms with van der Waals surface area (Å²) in [6.07, 6.45) is 1.92. The van der Waals surface area contributed by atoms with Crippen LogP contribution in [0, 0.1) is 0 Å². The highest BCUT2D eigenvalue weighted by Gasteiger charge is 2.23. The number of aryl methyl sites for hydroxylation is 1. The SMILES string of the molecule is COc1ccc2c(c1)C(c1ccc(N3CCN(C(C)C)CC3)cc1)=C(c1cccc(O)c1)CC2. The van der Waals surface area contributed by atoms with Gasteiger partial charge in [-0.15, -0.1) is 0 Å². The second kappa shape index (κ2) is 9.55. The number of fused-ring (bicyclic) bond motifs is 1. The van der Waals surface area contributed by atoms with Crippen LogP contribution in [-0.4, -0.2) is 49.3 Å². The Balaban J connectivity index is 1.54. The molecule has 3 aromatic rings. The molecule has 1 aliphatic carbocycles. The van der Waals surface area contributed by atoms with Crippen LogP contribution in [-0.2, 0) is 6.42 Å². The minimum atomic E-state index is 0.302. The van der Waals surface area contributed by atoms with Gasteiger partial charge in [-0.3, -0.25) is 4.90 Å². The first-order chi connectivity index (χ1) is 16.5. The average Bonchev–Trinajstić information content (AvgIpc) is 2.88. The molecular weight excluding hydrogens is 420 g/mol. The lowest BCUT2D eigenvalue weighted by Gasteiger charge is -2.38. The zero-order valence-electron chi connectivity index (χ0n) is 20.4. The number of rotatable bonds is 5. The van der Waals surface area contributed by atoms with Gasteiger partial charge in [-0.1, -0.05) is 30.3 Å². The molecule has 0 atom stereocenters. The molecule has 1 aliphatic heterocycles. The molecule has 0 spiro atoms. The van der Waals surface area contributed by atoms with Crippen LogP contribution in [0.4, 0.5) is 5.69 Å². The summed E-state index contributed by atoms with van der Waals surface area (Å²) in [5.74, 6) is 1.17. The normalized spacial score (nSPS) is 16.6. The Morgan fingerprint density at radius 1 is 0.824 bits per heavy atom. The predicted octanol–water partition coefficient (Wildman–Crippen LogP) is 5.84. The highest BCUT2D eigenvalue weighted by Crippen LogP contribution is 2.42. The monoisotopic (exact) mass is 454 g/mol. The van der Waals surface area contributed by atoms with Crippen molar-refractivity contribution in [3.8, 4) is 11.5 Å². The Morgan fingerprint density at radius 2 is 1.59 bits per heavy atom. The van der Waals surface area contributed by atoms with Crippen LogP contribution < -0.4 is 9.64 Å². The van der Waals surface area contributed by atoms with Gasteiger partial charge in [-0.2, -0.15) is 0 Å². The van der Waals surface area contributed by atoms with Gasteiger partial charge in [0.25, 0.3) is 0 Å². The molecule has 176 valence electrons. The molecular formula is C30H34N2O2. The number of aromatic hydroxyl groups is 1. The van der Waals surface area contributed by atoms with Crippen LogP contribution in [0.2, 0.25) is 0 Å².